The number of anilines is 2. The summed E-state index contributed by atoms with van der Waals surface area (Å²) in [7, 11) is 0. The molecule has 7 heteroatoms. The number of pyridine rings is 2. The third kappa shape index (κ3) is 3.21. The average molecular weight is 342 g/mol. The van der Waals surface area contributed by atoms with Crippen molar-refractivity contribution in [3.63, 3.8) is 0 Å². The molecule has 5 nitrogen and oxygen atoms in total. The highest BCUT2D eigenvalue weighted by molar-refractivity contribution is 9.10. The zero-order valence-electron chi connectivity index (χ0n) is 9.95. The highest BCUT2D eigenvalue weighted by Crippen LogP contribution is 2.20. The van der Waals surface area contributed by atoms with Gasteiger partial charge in [0.1, 0.15) is 17.3 Å². The van der Waals surface area contributed by atoms with E-state index in [-0.39, 0.29) is 16.5 Å². The summed E-state index contributed by atoms with van der Waals surface area (Å²) in [6.45, 7) is 1.84. The van der Waals surface area contributed by atoms with Gasteiger partial charge in [-0.1, -0.05) is 11.6 Å². The third-order valence-corrected chi connectivity index (χ3v) is 3.10. The van der Waals surface area contributed by atoms with Gasteiger partial charge in [-0.25, -0.2) is 9.97 Å². The van der Waals surface area contributed by atoms with Crippen LogP contribution in [0.3, 0.4) is 0 Å². The molecule has 2 aromatic rings. The summed E-state index contributed by atoms with van der Waals surface area (Å²) >= 11 is 9.22. The summed E-state index contributed by atoms with van der Waals surface area (Å²) in [5.74, 6) is 0.235. The van der Waals surface area contributed by atoms with Crippen LogP contribution in [-0.4, -0.2) is 15.9 Å². The number of amides is 1. The molecule has 0 fully saturated rings. The molecule has 0 atom stereocenters. The van der Waals surface area contributed by atoms with E-state index in [0.29, 0.717) is 5.82 Å². The smallest absolute Gasteiger partial charge is 0.277 e. The van der Waals surface area contributed by atoms with Gasteiger partial charge in [0.15, 0.2) is 0 Å². The number of nitrogens with one attached hydrogen (secondary N) is 1. The topological polar surface area (TPSA) is 80.9 Å². The normalized spacial score (nSPS) is 10.3. The fourth-order valence-electron chi connectivity index (χ4n) is 1.45. The molecule has 2 heterocycles. The molecule has 0 bridgehead atoms. The number of nitrogen functional groups attached to an aromatic ring is 1. The Kier molecular flexibility index (Phi) is 4.01. The van der Waals surface area contributed by atoms with Crippen LogP contribution in [0.25, 0.3) is 0 Å². The average Bonchev–Trinajstić information content (AvgIpc) is 2.35. The van der Waals surface area contributed by atoms with Crippen molar-refractivity contribution in [1.82, 2.24) is 9.97 Å². The lowest BCUT2D eigenvalue weighted by Crippen LogP contribution is -2.16. The fraction of sp³-hybridized carbons (Fsp3) is 0.0833. The molecule has 2 aromatic heterocycles. The fourth-order valence-corrected chi connectivity index (χ4v) is 2.09. The van der Waals surface area contributed by atoms with E-state index in [4.69, 9.17) is 17.3 Å². The lowest BCUT2D eigenvalue weighted by Gasteiger charge is -2.08. The highest BCUT2D eigenvalue weighted by atomic mass is 79.9. The van der Waals surface area contributed by atoms with Crippen molar-refractivity contribution in [2.75, 3.05) is 11.1 Å². The molecule has 2 rings (SSSR count). The molecule has 0 aliphatic heterocycles. The van der Waals surface area contributed by atoms with Gasteiger partial charge in [-0.2, -0.15) is 0 Å². The Morgan fingerprint density at radius 1 is 1.47 bits per heavy atom. The van der Waals surface area contributed by atoms with Crippen LogP contribution < -0.4 is 11.1 Å². The van der Waals surface area contributed by atoms with Crippen LogP contribution in [0.2, 0.25) is 5.02 Å². The van der Waals surface area contributed by atoms with Crippen molar-refractivity contribution in [1.29, 1.82) is 0 Å². The number of aromatic nitrogens is 2. The molecule has 98 valence electrons. The maximum Gasteiger partial charge on any atom is 0.277 e. The summed E-state index contributed by atoms with van der Waals surface area (Å²) in [5.41, 5.74) is 6.43. The number of carbonyl (C=O) groups is 1. The first-order chi connectivity index (χ1) is 8.97. The lowest BCUT2D eigenvalue weighted by atomic mass is 10.2. The van der Waals surface area contributed by atoms with Gasteiger partial charge in [0.25, 0.3) is 5.91 Å². The Morgan fingerprint density at radius 2 is 2.21 bits per heavy atom. The predicted molar refractivity (Wildman–Crippen MR) is 78.3 cm³/mol. The number of hydrogen-bond acceptors (Lipinski definition) is 4. The first-order valence-corrected chi connectivity index (χ1v) is 6.50. The van der Waals surface area contributed by atoms with Gasteiger partial charge >= 0.3 is 0 Å². The molecule has 0 aliphatic rings. The molecule has 0 aromatic carbocycles. The zero-order valence-corrected chi connectivity index (χ0v) is 12.3. The summed E-state index contributed by atoms with van der Waals surface area (Å²) in [5, 5.41) is 2.89. The Morgan fingerprint density at radius 3 is 2.89 bits per heavy atom. The van der Waals surface area contributed by atoms with Crippen LogP contribution in [0.15, 0.2) is 28.9 Å². The molecule has 0 unspecified atom stereocenters. The second-order valence-corrected chi connectivity index (χ2v) is 5.16. The minimum absolute atomic E-state index is 0.0748. The number of nitrogens with zero attached hydrogens (tertiary/aromatic N) is 2. The van der Waals surface area contributed by atoms with E-state index in [1.807, 2.05) is 13.0 Å². The van der Waals surface area contributed by atoms with Gasteiger partial charge in [0, 0.05) is 10.7 Å². The van der Waals surface area contributed by atoms with E-state index in [1.165, 1.54) is 12.1 Å². The van der Waals surface area contributed by atoms with Crippen LogP contribution in [0.5, 0.6) is 0 Å². The molecular formula is C12H10BrClN4O. The number of hydrogen-bond donors (Lipinski definition) is 2. The molecule has 0 aliphatic carbocycles. The Balaban J connectivity index is 2.28. The van der Waals surface area contributed by atoms with Crippen molar-refractivity contribution < 1.29 is 4.79 Å². The van der Waals surface area contributed by atoms with Crippen molar-refractivity contribution in [3.05, 3.63) is 45.1 Å². The number of halogens is 2. The van der Waals surface area contributed by atoms with Gasteiger partial charge in [-0.3, -0.25) is 4.79 Å². The third-order valence-electron chi connectivity index (χ3n) is 2.36. The van der Waals surface area contributed by atoms with Gasteiger partial charge in [-0.15, -0.1) is 0 Å². The van der Waals surface area contributed by atoms with Crippen LogP contribution >= 0.6 is 27.5 Å². The molecule has 19 heavy (non-hydrogen) atoms. The van der Waals surface area contributed by atoms with Gasteiger partial charge in [0.05, 0.1) is 5.02 Å². The first kappa shape index (κ1) is 13.8. The maximum absolute atomic E-state index is 12.1. The Labute approximate surface area is 123 Å². The molecule has 3 N–H and O–H groups in total. The summed E-state index contributed by atoms with van der Waals surface area (Å²) in [6, 6.07) is 4.90. The van der Waals surface area contributed by atoms with Gasteiger partial charge < -0.3 is 11.1 Å². The minimum atomic E-state index is -0.449. The molecule has 0 radical (unpaired) electrons. The van der Waals surface area contributed by atoms with Crippen molar-refractivity contribution in [2.45, 2.75) is 6.92 Å². The number of rotatable bonds is 2. The van der Waals surface area contributed by atoms with E-state index < -0.39 is 5.91 Å². The summed E-state index contributed by atoms with van der Waals surface area (Å²) < 4.78 is 0.836. The highest BCUT2D eigenvalue weighted by Gasteiger charge is 2.14. The number of nitrogens with two attached hydrogens (primary N) is 1. The van der Waals surface area contributed by atoms with Crippen LogP contribution in [0, 0.1) is 6.92 Å². The van der Waals surface area contributed by atoms with Crippen molar-refractivity contribution >= 4 is 45.1 Å². The standard InChI is InChI=1S/C12H10BrClN4O/c1-6-4-7(13)5-16-11(6)18-12(19)10-8(14)2-3-9(15)17-10/h2-5H,1H3,(H2,15,17)(H,16,18,19). The molecule has 0 saturated carbocycles. The molecule has 0 spiro atoms. The number of carbonyl (C=O) groups excluding carboxylic acids is 1. The Bertz CT molecular complexity index is 648. The number of aryl methyl sites for hydroxylation is 1. The lowest BCUT2D eigenvalue weighted by molar-refractivity contribution is 0.102. The second kappa shape index (κ2) is 5.54. The second-order valence-electron chi connectivity index (χ2n) is 3.84. The van der Waals surface area contributed by atoms with E-state index in [9.17, 15) is 4.79 Å². The van der Waals surface area contributed by atoms with Crippen molar-refractivity contribution in [3.8, 4) is 0 Å². The largest absolute Gasteiger partial charge is 0.384 e. The molecule has 1 amide bonds. The molecule has 0 saturated heterocycles. The van der Waals surface area contributed by atoms with Crippen molar-refractivity contribution in [2.24, 2.45) is 0 Å². The zero-order chi connectivity index (χ0) is 14.0. The van der Waals surface area contributed by atoms with Gasteiger partial charge in [-0.05, 0) is 46.6 Å². The summed E-state index contributed by atoms with van der Waals surface area (Å²) in [4.78, 5) is 20.1. The minimum Gasteiger partial charge on any atom is -0.384 e. The van der Waals surface area contributed by atoms with Crippen LogP contribution in [-0.2, 0) is 0 Å². The van der Waals surface area contributed by atoms with E-state index in [0.717, 1.165) is 10.0 Å². The van der Waals surface area contributed by atoms with Crippen LogP contribution in [0.4, 0.5) is 11.6 Å². The van der Waals surface area contributed by atoms with Crippen LogP contribution in [0.1, 0.15) is 16.1 Å². The SMILES string of the molecule is Cc1cc(Br)cnc1NC(=O)c1nc(N)ccc1Cl. The van der Waals surface area contributed by atoms with Gasteiger partial charge in [0.2, 0.25) is 0 Å². The van der Waals surface area contributed by atoms with E-state index >= 15 is 0 Å². The monoisotopic (exact) mass is 340 g/mol. The Hall–Kier alpha value is -1.66. The van der Waals surface area contributed by atoms with E-state index in [1.54, 1.807) is 6.20 Å². The quantitative estimate of drug-likeness (QED) is 0.879. The maximum atomic E-state index is 12.1. The molecular weight excluding hydrogens is 332 g/mol. The summed E-state index contributed by atoms with van der Waals surface area (Å²) in [6.07, 6.45) is 1.59. The van der Waals surface area contributed by atoms with E-state index in [2.05, 4.69) is 31.2 Å². The first-order valence-electron chi connectivity index (χ1n) is 5.33. The predicted octanol–water partition coefficient (Wildman–Crippen LogP) is 3.04.